The van der Waals surface area contributed by atoms with Crippen LogP contribution in [0.3, 0.4) is 0 Å². The van der Waals surface area contributed by atoms with E-state index in [-0.39, 0.29) is 18.1 Å². The first-order chi connectivity index (χ1) is 10.1. The predicted octanol–water partition coefficient (Wildman–Crippen LogP) is 2.26. The number of urea groups is 1. The molecule has 1 N–H and O–H groups in total. The number of fused-ring (bicyclic) bond motifs is 1. The number of carboxylic acids is 1. The fraction of sp³-hybridized carbons (Fsp3) is 0.867. The van der Waals surface area contributed by atoms with Gasteiger partial charge in [-0.05, 0) is 32.1 Å². The fourth-order valence-electron chi connectivity index (χ4n) is 4.12. The van der Waals surface area contributed by atoms with Crippen LogP contribution >= 0.6 is 11.8 Å². The quantitative estimate of drug-likeness (QED) is 0.807. The van der Waals surface area contributed by atoms with Gasteiger partial charge in [-0.3, -0.25) is 0 Å². The van der Waals surface area contributed by atoms with Crippen LogP contribution < -0.4 is 0 Å². The summed E-state index contributed by atoms with van der Waals surface area (Å²) in [7, 11) is 0. The third-order valence-electron chi connectivity index (χ3n) is 5.21. The van der Waals surface area contributed by atoms with Gasteiger partial charge in [-0.1, -0.05) is 12.8 Å². The van der Waals surface area contributed by atoms with Crippen molar-refractivity contribution in [3.05, 3.63) is 0 Å². The molecule has 4 unspecified atom stereocenters. The Kier molecular flexibility index (Phi) is 4.33. The summed E-state index contributed by atoms with van der Waals surface area (Å²) in [5.74, 6) is 1.45. The van der Waals surface area contributed by atoms with Gasteiger partial charge >= 0.3 is 12.0 Å². The highest BCUT2D eigenvalue weighted by Crippen LogP contribution is 2.40. The van der Waals surface area contributed by atoms with Crippen molar-refractivity contribution < 1.29 is 14.7 Å². The highest BCUT2D eigenvalue weighted by Gasteiger charge is 2.49. The van der Waals surface area contributed by atoms with E-state index in [0.29, 0.717) is 12.3 Å². The maximum absolute atomic E-state index is 13.0. The number of amides is 2. The molecule has 3 rings (SSSR count). The lowest BCUT2D eigenvalue weighted by atomic mass is 9.85. The van der Waals surface area contributed by atoms with Gasteiger partial charge in [0.15, 0.2) is 0 Å². The number of carboxylic acid groups (broad SMARTS) is 1. The van der Waals surface area contributed by atoms with E-state index in [4.69, 9.17) is 0 Å². The molecular weight excluding hydrogens is 288 g/mol. The summed E-state index contributed by atoms with van der Waals surface area (Å²) in [6.45, 7) is 2.80. The third kappa shape index (κ3) is 2.74. The molecule has 3 fully saturated rings. The van der Waals surface area contributed by atoms with Crippen LogP contribution in [0, 0.1) is 5.92 Å². The molecule has 0 aromatic heterocycles. The van der Waals surface area contributed by atoms with Crippen molar-refractivity contribution in [3.63, 3.8) is 0 Å². The number of hydrogen-bond acceptors (Lipinski definition) is 3. The minimum Gasteiger partial charge on any atom is -0.480 e. The van der Waals surface area contributed by atoms with Crippen LogP contribution in [0.2, 0.25) is 0 Å². The SMILES string of the molecule is CC1CSCCN1C(=O)N1C(C(=O)O)CC2CCCCC21. The van der Waals surface area contributed by atoms with E-state index >= 15 is 0 Å². The van der Waals surface area contributed by atoms with Crippen LogP contribution in [0.25, 0.3) is 0 Å². The number of likely N-dealkylation sites (tertiary alicyclic amines) is 1. The summed E-state index contributed by atoms with van der Waals surface area (Å²) in [4.78, 5) is 28.2. The van der Waals surface area contributed by atoms with Gasteiger partial charge in [-0.25, -0.2) is 9.59 Å². The summed E-state index contributed by atoms with van der Waals surface area (Å²) >= 11 is 1.87. The molecule has 3 aliphatic rings. The van der Waals surface area contributed by atoms with Gasteiger partial charge in [0.2, 0.25) is 0 Å². The molecule has 2 heterocycles. The largest absolute Gasteiger partial charge is 0.480 e. The fourth-order valence-corrected chi connectivity index (χ4v) is 5.13. The average Bonchev–Trinajstić information content (AvgIpc) is 2.86. The molecule has 6 heteroatoms. The van der Waals surface area contributed by atoms with E-state index in [1.807, 2.05) is 16.7 Å². The van der Waals surface area contributed by atoms with Crippen molar-refractivity contribution in [1.82, 2.24) is 9.80 Å². The number of thioether (sulfide) groups is 1. The predicted molar refractivity (Wildman–Crippen MR) is 82.5 cm³/mol. The number of carbonyl (C=O) groups is 2. The number of aliphatic carboxylic acids is 1. The Balaban J connectivity index is 1.82. The van der Waals surface area contributed by atoms with Gasteiger partial charge in [0.1, 0.15) is 6.04 Å². The first-order valence-electron chi connectivity index (χ1n) is 7.99. The van der Waals surface area contributed by atoms with E-state index in [2.05, 4.69) is 6.92 Å². The molecule has 2 amide bonds. The van der Waals surface area contributed by atoms with Crippen LogP contribution in [-0.4, -0.2) is 63.1 Å². The van der Waals surface area contributed by atoms with Crippen LogP contribution in [0.15, 0.2) is 0 Å². The Morgan fingerprint density at radius 3 is 2.71 bits per heavy atom. The lowest BCUT2D eigenvalue weighted by Crippen LogP contribution is -2.56. The van der Waals surface area contributed by atoms with E-state index in [9.17, 15) is 14.7 Å². The van der Waals surface area contributed by atoms with Crippen LogP contribution in [0.1, 0.15) is 39.0 Å². The van der Waals surface area contributed by atoms with Crippen molar-refractivity contribution in [3.8, 4) is 0 Å². The molecule has 2 aliphatic heterocycles. The Hall–Kier alpha value is -0.910. The zero-order valence-corrected chi connectivity index (χ0v) is 13.3. The molecule has 0 aromatic rings. The highest BCUT2D eigenvalue weighted by atomic mass is 32.2. The van der Waals surface area contributed by atoms with Gasteiger partial charge in [0.05, 0.1) is 0 Å². The van der Waals surface area contributed by atoms with Gasteiger partial charge in [0.25, 0.3) is 0 Å². The second-order valence-electron chi connectivity index (χ2n) is 6.51. The van der Waals surface area contributed by atoms with Crippen molar-refractivity contribution >= 4 is 23.8 Å². The van der Waals surface area contributed by atoms with Crippen molar-refractivity contribution in [2.75, 3.05) is 18.1 Å². The maximum atomic E-state index is 13.0. The summed E-state index contributed by atoms with van der Waals surface area (Å²) in [5, 5.41) is 9.53. The summed E-state index contributed by atoms with van der Waals surface area (Å²) < 4.78 is 0. The molecule has 5 nitrogen and oxygen atoms in total. The topological polar surface area (TPSA) is 60.9 Å². The molecule has 118 valence electrons. The second-order valence-corrected chi connectivity index (χ2v) is 7.66. The summed E-state index contributed by atoms with van der Waals surface area (Å²) in [6, 6.07) is -0.306. The van der Waals surface area contributed by atoms with Gasteiger partial charge in [0, 0.05) is 30.1 Å². The Bertz CT molecular complexity index is 431. The zero-order valence-electron chi connectivity index (χ0n) is 12.5. The lowest BCUT2D eigenvalue weighted by Gasteiger charge is -2.40. The van der Waals surface area contributed by atoms with Crippen LogP contribution in [0.5, 0.6) is 0 Å². The summed E-state index contributed by atoms with van der Waals surface area (Å²) in [6.07, 6.45) is 4.97. The Morgan fingerprint density at radius 2 is 2.00 bits per heavy atom. The molecular formula is C15H24N2O3S. The number of carbonyl (C=O) groups excluding carboxylic acids is 1. The van der Waals surface area contributed by atoms with Gasteiger partial charge in [-0.2, -0.15) is 11.8 Å². The highest BCUT2D eigenvalue weighted by molar-refractivity contribution is 7.99. The molecule has 0 radical (unpaired) electrons. The van der Waals surface area contributed by atoms with Crippen LogP contribution in [0.4, 0.5) is 4.79 Å². The minimum absolute atomic E-state index is 0.0374. The third-order valence-corrected chi connectivity index (χ3v) is 6.40. The first-order valence-corrected chi connectivity index (χ1v) is 9.14. The van der Waals surface area contributed by atoms with Gasteiger partial charge in [-0.15, -0.1) is 0 Å². The molecule has 21 heavy (non-hydrogen) atoms. The molecule has 4 atom stereocenters. The number of rotatable bonds is 1. The van der Waals surface area contributed by atoms with Crippen molar-refractivity contribution in [1.29, 1.82) is 0 Å². The summed E-state index contributed by atoms with van der Waals surface area (Å²) in [5.41, 5.74) is 0. The monoisotopic (exact) mass is 312 g/mol. The average molecular weight is 312 g/mol. The maximum Gasteiger partial charge on any atom is 0.326 e. The minimum atomic E-state index is -0.836. The van der Waals surface area contributed by atoms with Gasteiger partial charge < -0.3 is 14.9 Å². The molecule has 0 spiro atoms. The lowest BCUT2D eigenvalue weighted by molar-refractivity contribution is -0.141. The van der Waals surface area contributed by atoms with Crippen molar-refractivity contribution in [2.45, 2.75) is 57.2 Å². The Labute approximate surface area is 130 Å². The number of nitrogens with zero attached hydrogens (tertiary/aromatic N) is 2. The molecule has 1 aliphatic carbocycles. The van der Waals surface area contributed by atoms with E-state index in [1.54, 1.807) is 4.90 Å². The smallest absolute Gasteiger partial charge is 0.326 e. The second kappa shape index (κ2) is 6.07. The van der Waals surface area contributed by atoms with Crippen LogP contribution in [-0.2, 0) is 4.79 Å². The van der Waals surface area contributed by atoms with E-state index < -0.39 is 12.0 Å². The molecule has 2 saturated heterocycles. The Morgan fingerprint density at radius 1 is 1.24 bits per heavy atom. The molecule has 1 saturated carbocycles. The normalized spacial score (nSPS) is 36.4. The standard InChI is InChI=1S/C15H24N2O3S/c1-10-9-21-7-6-16(10)15(20)17-12-5-3-2-4-11(12)8-13(17)14(18)19/h10-13H,2-9H2,1H3,(H,18,19). The molecule has 0 aromatic carbocycles. The first kappa shape index (κ1) is 15.0. The zero-order chi connectivity index (χ0) is 15.0. The van der Waals surface area contributed by atoms with E-state index in [1.165, 1.54) is 6.42 Å². The van der Waals surface area contributed by atoms with E-state index in [0.717, 1.165) is 37.3 Å². The number of hydrogen-bond donors (Lipinski definition) is 1. The van der Waals surface area contributed by atoms with Crippen molar-refractivity contribution in [2.24, 2.45) is 5.92 Å². The molecule has 0 bridgehead atoms.